The molecule has 0 aliphatic carbocycles. The average Bonchev–Trinajstić information content (AvgIpc) is 3.87. The summed E-state index contributed by atoms with van der Waals surface area (Å²) in [4.78, 5) is 7.35. The molecule has 0 fully saturated rings. The van der Waals surface area contributed by atoms with E-state index in [2.05, 4.69) is 185 Å². The van der Waals surface area contributed by atoms with Gasteiger partial charge in [0, 0.05) is 33.1 Å². The van der Waals surface area contributed by atoms with Crippen molar-refractivity contribution in [1.82, 2.24) is 9.55 Å². The van der Waals surface area contributed by atoms with Crippen LogP contribution in [0.2, 0.25) is 0 Å². The molecule has 0 atom stereocenters. The monoisotopic (exact) mass is 729 g/mol. The Morgan fingerprint density at radius 1 is 0.421 bits per heavy atom. The molecule has 0 N–H and O–H groups in total. The Hall–Kier alpha value is -7.69. The predicted octanol–water partition coefficient (Wildman–Crippen LogP) is 14.5. The van der Waals surface area contributed by atoms with Crippen LogP contribution in [0.1, 0.15) is 0 Å². The van der Waals surface area contributed by atoms with E-state index >= 15 is 0 Å². The molecule has 11 aromatic rings. The molecule has 0 aliphatic rings. The second-order valence-corrected chi connectivity index (χ2v) is 14.4. The van der Waals surface area contributed by atoms with E-state index in [1.54, 1.807) is 0 Å². The molecule has 4 nitrogen and oxygen atoms in total. The molecule has 57 heavy (non-hydrogen) atoms. The number of hydrogen-bond acceptors (Lipinski definition) is 3. The van der Waals surface area contributed by atoms with Gasteiger partial charge >= 0.3 is 0 Å². The lowest BCUT2D eigenvalue weighted by molar-refractivity contribution is 0.620. The Morgan fingerprint density at radius 2 is 1.05 bits per heavy atom. The molecule has 11 rings (SSSR count). The summed E-state index contributed by atoms with van der Waals surface area (Å²) in [7, 11) is 0. The van der Waals surface area contributed by atoms with Crippen LogP contribution in [0.5, 0.6) is 0 Å². The van der Waals surface area contributed by atoms with E-state index in [9.17, 15) is 0 Å². The van der Waals surface area contributed by atoms with Crippen LogP contribution in [0.15, 0.2) is 217 Å². The predicted molar refractivity (Wildman–Crippen MR) is 237 cm³/mol. The third-order valence-corrected chi connectivity index (χ3v) is 11.0. The Kier molecular flexibility index (Phi) is 7.78. The summed E-state index contributed by atoms with van der Waals surface area (Å²) >= 11 is 0. The second-order valence-electron chi connectivity index (χ2n) is 14.4. The molecule has 0 bridgehead atoms. The minimum absolute atomic E-state index is 0.593. The molecule has 0 saturated heterocycles. The molecular formula is C53H35N3O. The summed E-state index contributed by atoms with van der Waals surface area (Å²) in [6.45, 7) is 0. The lowest BCUT2D eigenvalue weighted by Crippen LogP contribution is -2.11. The third kappa shape index (κ3) is 5.58. The Bertz CT molecular complexity index is 3240. The van der Waals surface area contributed by atoms with Gasteiger partial charge in [0.25, 0.3) is 0 Å². The van der Waals surface area contributed by atoms with Crippen LogP contribution < -0.4 is 4.90 Å². The average molecular weight is 730 g/mol. The summed E-state index contributed by atoms with van der Waals surface area (Å²) in [6.07, 6.45) is 0. The summed E-state index contributed by atoms with van der Waals surface area (Å²) < 4.78 is 9.13. The zero-order valence-electron chi connectivity index (χ0n) is 31.0. The van der Waals surface area contributed by atoms with Gasteiger partial charge in [0.15, 0.2) is 5.58 Å². The zero-order valence-corrected chi connectivity index (χ0v) is 31.0. The molecule has 9 aromatic carbocycles. The summed E-state index contributed by atoms with van der Waals surface area (Å²) in [5, 5.41) is 4.72. The van der Waals surface area contributed by atoms with E-state index in [1.807, 2.05) is 36.4 Å². The van der Waals surface area contributed by atoms with E-state index in [1.165, 1.54) is 33.0 Å². The number of aromatic nitrogens is 2. The largest absolute Gasteiger partial charge is 0.434 e. The maximum absolute atomic E-state index is 6.74. The maximum atomic E-state index is 6.74. The lowest BCUT2D eigenvalue weighted by Gasteiger charge is -2.27. The third-order valence-electron chi connectivity index (χ3n) is 11.0. The number of fused-ring (bicyclic) bond motifs is 5. The van der Waals surface area contributed by atoms with E-state index < -0.39 is 0 Å². The van der Waals surface area contributed by atoms with Crippen LogP contribution in [0, 0.1) is 0 Å². The number of hydrogen-bond donors (Lipinski definition) is 0. The molecule has 0 saturated carbocycles. The van der Waals surface area contributed by atoms with Crippen LogP contribution in [0.4, 0.5) is 17.1 Å². The van der Waals surface area contributed by atoms with Crippen LogP contribution in [-0.4, -0.2) is 9.55 Å². The fraction of sp³-hybridized carbons (Fsp3) is 0. The van der Waals surface area contributed by atoms with Gasteiger partial charge < -0.3 is 13.9 Å². The summed E-state index contributed by atoms with van der Waals surface area (Å²) in [5.41, 5.74) is 13.5. The maximum Gasteiger partial charge on any atom is 0.227 e. The minimum atomic E-state index is 0.593. The van der Waals surface area contributed by atoms with Gasteiger partial charge in [0.2, 0.25) is 5.89 Å². The summed E-state index contributed by atoms with van der Waals surface area (Å²) in [6, 6.07) is 75.2. The number of para-hydroxylation sites is 3. The first kappa shape index (κ1) is 32.7. The van der Waals surface area contributed by atoms with Crippen molar-refractivity contribution in [3.63, 3.8) is 0 Å². The van der Waals surface area contributed by atoms with Crippen LogP contribution in [0.3, 0.4) is 0 Å². The van der Waals surface area contributed by atoms with Crippen LogP contribution >= 0.6 is 0 Å². The van der Waals surface area contributed by atoms with Crippen molar-refractivity contribution >= 4 is 60.7 Å². The quantitative estimate of drug-likeness (QED) is 0.164. The summed E-state index contributed by atoms with van der Waals surface area (Å²) in [5.74, 6) is 0.593. The van der Waals surface area contributed by atoms with Gasteiger partial charge in [0.1, 0.15) is 5.52 Å². The Labute approximate surface area is 330 Å². The van der Waals surface area contributed by atoms with Crippen LogP contribution in [-0.2, 0) is 0 Å². The fourth-order valence-corrected chi connectivity index (χ4v) is 8.41. The zero-order chi connectivity index (χ0) is 37.7. The Balaban J connectivity index is 1.18. The molecule has 2 heterocycles. The number of oxazole rings is 1. The van der Waals surface area contributed by atoms with E-state index in [0.717, 1.165) is 61.3 Å². The van der Waals surface area contributed by atoms with Crippen LogP contribution in [0.25, 0.3) is 83.1 Å². The van der Waals surface area contributed by atoms with Gasteiger partial charge in [-0.15, -0.1) is 0 Å². The smallest absolute Gasteiger partial charge is 0.227 e. The van der Waals surface area contributed by atoms with Gasteiger partial charge in [-0.3, -0.25) is 0 Å². The fourth-order valence-electron chi connectivity index (χ4n) is 8.41. The van der Waals surface area contributed by atoms with Gasteiger partial charge in [-0.1, -0.05) is 140 Å². The minimum Gasteiger partial charge on any atom is -0.434 e. The highest BCUT2D eigenvalue weighted by Crippen LogP contribution is 2.46. The van der Waals surface area contributed by atoms with Crippen molar-refractivity contribution in [1.29, 1.82) is 0 Å². The van der Waals surface area contributed by atoms with Gasteiger partial charge in [-0.25, -0.2) is 4.98 Å². The number of benzene rings is 9. The highest BCUT2D eigenvalue weighted by atomic mass is 16.3. The molecule has 0 unspecified atom stereocenters. The lowest BCUT2D eigenvalue weighted by atomic mass is 9.94. The highest BCUT2D eigenvalue weighted by molar-refractivity contribution is 6.16. The first-order valence-corrected chi connectivity index (χ1v) is 19.3. The van der Waals surface area contributed by atoms with Gasteiger partial charge in [0.05, 0.1) is 22.4 Å². The van der Waals surface area contributed by atoms with Crippen molar-refractivity contribution in [2.45, 2.75) is 0 Å². The molecule has 2 aromatic heterocycles. The SMILES string of the molecule is c1ccc(-c2nc3cccc(N(c4cccc(-c5ccccc5-c5ccccc5)c4)c4cccc5cc6c7ccccc7n(-c7ccccc7)c6cc45)c3o2)cc1. The molecule has 268 valence electrons. The van der Waals surface area contributed by atoms with E-state index in [-0.39, 0.29) is 0 Å². The van der Waals surface area contributed by atoms with Crippen molar-refractivity contribution in [3.8, 4) is 39.4 Å². The highest BCUT2D eigenvalue weighted by Gasteiger charge is 2.23. The van der Waals surface area contributed by atoms with E-state index in [0.29, 0.717) is 5.89 Å². The molecule has 0 aliphatic heterocycles. The van der Waals surface area contributed by atoms with Gasteiger partial charge in [-0.05, 0) is 100 Å². The normalized spacial score (nSPS) is 11.5. The van der Waals surface area contributed by atoms with Crippen molar-refractivity contribution < 1.29 is 4.42 Å². The second kappa shape index (κ2) is 13.6. The molecule has 0 amide bonds. The van der Waals surface area contributed by atoms with Crippen molar-refractivity contribution in [2.24, 2.45) is 0 Å². The molecule has 0 spiro atoms. The standard InChI is InChI=1S/C53H35N3O/c1-4-17-36(18-5-1)42-26-10-11-27-43(42)38-21-14-25-41(33-38)56(50-32-16-29-47-52(50)57-53(54-47)37-19-6-2-7-20-37)49-31-15-22-39-34-46-44-28-12-13-30-48(44)55(51(46)35-45(39)49)40-23-8-3-9-24-40/h1-35H. The van der Waals surface area contributed by atoms with E-state index in [4.69, 9.17) is 9.40 Å². The number of rotatable bonds is 7. The Morgan fingerprint density at radius 3 is 1.86 bits per heavy atom. The van der Waals surface area contributed by atoms with Crippen molar-refractivity contribution in [2.75, 3.05) is 4.90 Å². The number of anilines is 3. The first-order valence-electron chi connectivity index (χ1n) is 19.3. The van der Waals surface area contributed by atoms with Crippen molar-refractivity contribution in [3.05, 3.63) is 212 Å². The topological polar surface area (TPSA) is 34.2 Å². The molecule has 4 heteroatoms. The molecular weight excluding hydrogens is 695 g/mol. The first-order chi connectivity index (χ1) is 28.3. The van der Waals surface area contributed by atoms with Gasteiger partial charge in [-0.2, -0.15) is 0 Å². The number of nitrogens with zero attached hydrogens (tertiary/aromatic N) is 3. The molecule has 0 radical (unpaired) electrons.